The highest BCUT2D eigenvalue weighted by atomic mass is 32.1. The summed E-state index contributed by atoms with van der Waals surface area (Å²) in [5.41, 5.74) is 5.60. The quantitative estimate of drug-likeness (QED) is 0.692. The average Bonchev–Trinajstić information content (AvgIpc) is 3.12. The van der Waals surface area contributed by atoms with Gasteiger partial charge in [-0.2, -0.15) is 0 Å². The molecule has 0 atom stereocenters. The van der Waals surface area contributed by atoms with Crippen LogP contribution in [0.1, 0.15) is 20.9 Å². The van der Waals surface area contributed by atoms with E-state index in [0.717, 1.165) is 29.7 Å². The number of thiazole rings is 1. The third-order valence-corrected chi connectivity index (χ3v) is 4.80. The first-order valence-corrected chi connectivity index (χ1v) is 7.72. The molecule has 0 radical (unpaired) electrons. The Bertz CT molecular complexity index is 835. The zero-order valence-electron chi connectivity index (χ0n) is 11.6. The second kappa shape index (κ2) is 4.66. The molecular weight excluding hydrogens is 284 g/mol. The number of rotatable bonds is 1. The molecule has 1 aromatic carbocycles. The van der Waals surface area contributed by atoms with Gasteiger partial charge in [0.15, 0.2) is 0 Å². The number of aromatic nitrogens is 3. The molecule has 0 N–H and O–H groups in total. The topological polar surface area (TPSA) is 51.0 Å². The molecule has 2 aromatic heterocycles. The van der Waals surface area contributed by atoms with Crippen molar-refractivity contribution in [3.63, 3.8) is 0 Å². The summed E-state index contributed by atoms with van der Waals surface area (Å²) in [4.78, 5) is 24.4. The van der Waals surface area contributed by atoms with Gasteiger partial charge in [-0.15, -0.1) is 11.3 Å². The summed E-state index contributed by atoms with van der Waals surface area (Å²) in [6.07, 6.45) is 2.61. The Morgan fingerprint density at radius 2 is 2.24 bits per heavy atom. The number of hydrogen-bond donors (Lipinski definition) is 0. The molecule has 1 amide bonds. The predicted octanol–water partition coefficient (Wildman–Crippen LogP) is 2.23. The number of amides is 1. The number of aryl methyl sites for hydroxylation is 1. The lowest BCUT2D eigenvalue weighted by Crippen LogP contribution is -2.35. The van der Waals surface area contributed by atoms with Gasteiger partial charge in [0, 0.05) is 30.5 Å². The Balaban J connectivity index is 1.64. The molecular formula is C15H14N4OS. The van der Waals surface area contributed by atoms with Crippen molar-refractivity contribution in [1.29, 1.82) is 0 Å². The maximum Gasteiger partial charge on any atom is 0.254 e. The molecule has 0 spiro atoms. The Morgan fingerprint density at radius 1 is 1.33 bits per heavy atom. The lowest BCUT2D eigenvalue weighted by Gasteiger charge is -2.26. The van der Waals surface area contributed by atoms with E-state index in [0.29, 0.717) is 12.1 Å². The van der Waals surface area contributed by atoms with Gasteiger partial charge in [0.1, 0.15) is 0 Å². The number of nitrogens with zero attached hydrogens (tertiary/aromatic N) is 4. The summed E-state index contributed by atoms with van der Waals surface area (Å²) in [6.45, 7) is 1.40. The van der Waals surface area contributed by atoms with Crippen LogP contribution >= 0.6 is 11.3 Å². The number of benzene rings is 1. The van der Waals surface area contributed by atoms with Crippen molar-refractivity contribution in [2.45, 2.75) is 13.0 Å². The maximum absolute atomic E-state index is 12.7. The smallest absolute Gasteiger partial charge is 0.254 e. The van der Waals surface area contributed by atoms with E-state index in [2.05, 4.69) is 9.97 Å². The van der Waals surface area contributed by atoms with Crippen molar-refractivity contribution in [3.8, 4) is 0 Å². The molecule has 1 aliphatic rings. The molecule has 0 aliphatic carbocycles. The Morgan fingerprint density at radius 3 is 3.14 bits per heavy atom. The minimum absolute atomic E-state index is 0.0709. The molecule has 5 nitrogen and oxygen atoms in total. The standard InChI is InChI=1S/C15H14N4OS/c1-18-8-16-12-6-10(2-3-13(12)18)15(20)19-5-4-11-14(7-19)21-9-17-11/h2-3,6,8-9H,4-5,7H2,1H3. The van der Waals surface area contributed by atoms with E-state index in [1.807, 2.05) is 40.2 Å². The lowest BCUT2D eigenvalue weighted by atomic mass is 10.1. The van der Waals surface area contributed by atoms with Gasteiger partial charge >= 0.3 is 0 Å². The third kappa shape index (κ3) is 2.03. The predicted molar refractivity (Wildman–Crippen MR) is 81.3 cm³/mol. The van der Waals surface area contributed by atoms with Crippen LogP contribution in [0.15, 0.2) is 30.0 Å². The van der Waals surface area contributed by atoms with Gasteiger partial charge in [-0.05, 0) is 18.2 Å². The van der Waals surface area contributed by atoms with Gasteiger partial charge in [-0.3, -0.25) is 4.79 Å². The molecule has 0 unspecified atom stereocenters. The van der Waals surface area contributed by atoms with Gasteiger partial charge < -0.3 is 9.47 Å². The van der Waals surface area contributed by atoms with Crippen LogP contribution in [-0.2, 0) is 20.0 Å². The number of imidazole rings is 1. The summed E-state index contributed by atoms with van der Waals surface area (Å²) in [6, 6.07) is 5.71. The highest BCUT2D eigenvalue weighted by molar-refractivity contribution is 7.09. The van der Waals surface area contributed by atoms with Gasteiger partial charge in [0.25, 0.3) is 5.91 Å². The van der Waals surface area contributed by atoms with Crippen molar-refractivity contribution >= 4 is 28.3 Å². The fourth-order valence-corrected chi connectivity index (χ4v) is 3.57. The number of fused-ring (bicyclic) bond motifs is 2. The first-order valence-electron chi connectivity index (χ1n) is 6.84. The molecule has 21 heavy (non-hydrogen) atoms. The van der Waals surface area contributed by atoms with Crippen molar-refractivity contribution in [3.05, 3.63) is 46.2 Å². The molecule has 3 aromatic rings. The largest absolute Gasteiger partial charge is 0.334 e. The Hall–Kier alpha value is -2.21. The highest BCUT2D eigenvalue weighted by Gasteiger charge is 2.23. The number of hydrogen-bond acceptors (Lipinski definition) is 4. The van der Waals surface area contributed by atoms with E-state index in [-0.39, 0.29) is 5.91 Å². The van der Waals surface area contributed by atoms with Crippen molar-refractivity contribution < 1.29 is 4.79 Å². The fraction of sp³-hybridized carbons (Fsp3) is 0.267. The van der Waals surface area contributed by atoms with Gasteiger partial charge in [-0.1, -0.05) is 0 Å². The molecule has 0 fully saturated rings. The Kier molecular flexibility index (Phi) is 2.78. The Labute approximate surface area is 125 Å². The van der Waals surface area contributed by atoms with E-state index >= 15 is 0 Å². The van der Waals surface area contributed by atoms with Gasteiger partial charge in [0.2, 0.25) is 0 Å². The van der Waals surface area contributed by atoms with Gasteiger partial charge in [-0.25, -0.2) is 9.97 Å². The fourth-order valence-electron chi connectivity index (χ4n) is 2.74. The van der Waals surface area contributed by atoms with E-state index < -0.39 is 0 Å². The first kappa shape index (κ1) is 12.5. The zero-order valence-corrected chi connectivity index (χ0v) is 12.4. The maximum atomic E-state index is 12.7. The van der Waals surface area contributed by atoms with E-state index in [1.54, 1.807) is 17.7 Å². The van der Waals surface area contributed by atoms with Crippen LogP contribution in [0.2, 0.25) is 0 Å². The van der Waals surface area contributed by atoms with Crippen LogP contribution in [0.5, 0.6) is 0 Å². The van der Waals surface area contributed by atoms with Crippen LogP contribution in [-0.4, -0.2) is 31.9 Å². The van der Waals surface area contributed by atoms with Gasteiger partial charge in [0.05, 0.1) is 35.1 Å². The normalized spacial score (nSPS) is 14.4. The second-order valence-electron chi connectivity index (χ2n) is 5.26. The molecule has 0 saturated carbocycles. The first-order chi connectivity index (χ1) is 10.2. The highest BCUT2D eigenvalue weighted by Crippen LogP contribution is 2.23. The zero-order chi connectivity index (χ0) is 14.4. The van der Waals surface area contributed by atoms with E-state index in [9.17, 15) is 4.79 Å². The average molecular weight is 298 g/mol. The van der Waals surface area contributed by atoms with Crippen molar-refractivity contribution in [2.75, 3.05) is 6.54 Å². The van der Waals surface area contributed by atoms with Crippen LogP contribution in [0, 0.1) is 0 Å². The van der Waals surface area contributed by atoms with E-state index in [4.69, 9.17) is 0 Å². The molecule has 3 heterocycles. The molecule has 4 rings (SSSR count). The molecule has 0 saturated heterocycles. The third-order valence-electron chi connectivity index (χ3n) is 3.94. The molecule has 1 aliphatic heterocycles. The molecule has 0 bridgehead atoms. The number of carbonyl (C=O) groups is 1. The lowest BCUT2D eigenvalue weighted by molar-refractivity contribution is 0.0736. The minimum atomic E-state index is 0.0709. The van der Waals surface area contributed by atoms with Crippen molar-refractivity contribution in [2.24, 2.45) is 7.05 Å². The van der Waals surface area contributed by atoms with Crippen molar-refractivity contribution in [1.82, 2.24) is 19.4 Å². The van der Waals surface area contributed by atoms with Crippen LogP contribution in [0.4, 0.5) is 0 Å². The van der Waals surface area contributed by atoms with Crippen LogP contribution in [0.3, 0.4) is 0 Å². The summed E-state index contributed by atoms with van der Waals surface area (Å²) >= 11 is 1.63. The minimum Gasteiger partial charge on any atom is -0.334 e. The molecule has 6 heteroatoms. The number of carbonyl (C=O) groups excluding carboxylic acids is 1. The van der Waals surface area contributed by atoms with E-state index in [1.165, 1.54) is 4.88 Å². The summed E-state index contributed by atoms with van der Waals surface area (Å²) in [7, 11) is 1.95. The summed E-state index contributed by atoms with van der Waals surface area (Å²) in [5, 5.41) is 0. The van der Waals surface area contributed by atoms with Crippen LogP contribution < -0.4 is 0 Å². The van der Waals surface area contributed by atoms with Crippen LogP contribution in [0.25, 0.3) is 11.0 Å². The SMILES string of the molecule is Cn1cnc2cc(C(=O)N3CCc4ncsc4C3)ccc21. The molecule has 106 valence electrons. The summed E-state index contributed by atoms with van der Waals surface area (Å²) < 4.78 is 1.95. The second-order valence-corrected chi connectivity index (χ2v) is 6.20. The summed E-state index contributed by atoms with van der Waals surface area (Å²) in [5.74, 6) is 0.0709. The monoisotopic (exact) mass is 298 g/mol.